The SMILES string of the molecule is C=CCN1CCc2cc(Cl)c(O)cc2C1C1(c2ccccc2)CCC1. The Morgan fingerprint density at radius 3 is 2.64 bits per heavy atom. The molecular weight excluding hydrogens is 330 g/mol. The third-order valence-electron chi connectivity index (χ3n) is 6.02. The Bertz CT molecular complexity index is 782. The van der Waals surface area contributed by atoms with E-state index in [1.54, 1.807) is 0 Å². The molecule has 2 aromatic rings. The summed E-state index contributed by atoms with van der Waals surface area (Å²) in [6.45, 7) is 5.83. The van der Waals surface area contributed by atoms with Gasteiger partial charge in [-0.2, -0.15) is 0 Å². The summed E-state index contributed by atoms with van der Waals surface area (Å²) in [4.78, 5) is 2.52. The second-order valence-electron chi connectivity index (χ2n) is 7.31. The van der Waals surface area contributed by atoms with Crippen molar-refractivity contribution in [1.82, 2.24) is 4.90 Å². The predicted molar refractivity (Wildman–Crippen MR) is 103 cm³/mol. The van der Waals surface area contributed by atoms with E-state index in [1.165, 1.54) is 36.0 Å². The maximum absolute atomic E-state index is 10.3. The van der Waals surface area contributed by atoms with E-state index >= 15 is 0 Å². The summed E-state index contributed by atoms with van der Waals surface area (Å²) in [5.41, 5.74) is 4.02. The molecule has 1 N–H and O–H groups in total. The first-order chi connectivity index (χ1) is 12.2. The van der Waals surface area contributed by atoms with Gasteiger partial charge >= 0.3 is 0 Å². The molecule has 0 radical (unpaired) electrons. The minimum atomic E-state index is 0.111. The molecule has 0 aromatic heterocycles. The van der Waals surface area contributed by atoms with E-state index in [9.17, 15) is 5.11 Å². The quantitative estimate of drug-likeness (QED) is 0.758. The van der Waals surface area contributed by atoms with Crippen molar-refractivity contribution in [3.63, 3.8) is 0 Å². The number of rotatable bonds is 4. The van der Waals surface area contributed by atoms with Crippen molar-refractivity contribution in [1.29, 1.82) is 0 Å². The number of phenolic OH excluding ortho intramolecular Hbond substituents is 1. The Labute approximate surface area is 154 Å². The molecule has 2 aliphatic rings. The molecule has 1 aliphatic carbocycles. The van der Waals surface area contributed by atoms with Crippen molar-refractivity contribution in [3.8, 4) is 5.75 Å². The molecule has 4 rings (SSSR count). The van der Waals surface area contributed by atoms with Crippen LogP contribution >= 0.6 is 11.6 Å². The van der Waals surface area contributed by atoms with Crippen LogP contribution < -0.4 is 0 Å². The summed E-state index contributed by atoms with van der Waals surface area (Å²) >= 11 is 6.19. The first-order valence-corrected chi connectivity index (χ1v) is 9.45. The Morgan fingerprint density at radius 2 is 2.00 bits per heavy atom. The van der Waals surface area contributed by atoms with Crippen LogP contribution in [0, 0.1) is 0 Å². The van der Waals surface area contributed by atoms with Gasteiger partial charge in [-0.3, -0.25) is 4.90 Å². The van der Waals surface area contributed by atoms with E-state index in [0.29, 0.717) is 5.02 Å². The largest absolute Gasteiger partial charge is 0.506 e. The van der Waals surface area contributed by atoms with Crippen molar-refractivity contribution in [3.05, 3.63) is 76.8 Å². The molecule has 25 heavy (non-hydrogen) atoms. The minimum Gasteiger partial charge on any atom is -0.506 e. The monoisotopic (exact) mass is 353 g/mol. The van der Waals surface area contributed by atoms with Gasteiger partial charge < -0.3 is 5.11 Å². The fourth-order valence-electron chi connectivity index (χ4n) is 4.74. The number of aromatic hydroxyl groups is 1. The van der Waals surface area contributed by atoms with Crippen LogP contribution in [0.15, 0.2) is 55.1 Å². The Kier molecular flexibility index (Phi) is 4.35. The second kappa shape index (κ2) is 6.51. The van der Waals surface area contributed by atoms with Gasteiger partial charge in [0.2, 0.25) is 0 Å². The summed E-state index contributed by atoms with van der Waals surface area (Å²) in [5, 5.41) is 10.7. The Morgan fingerprint density at radius 1 is 1.24 bits per heavy atom. The number of halogens is 1. The van der Waals surface area contributed by atoms with E-state index < -0.39 is 0 Å². The lowest BCUT2D eigenvalue weighted by molar-refractivity contribution is 0.0609. The van der Waals surface area contributed by atoms with Crippen LogP contribution in [0.3, 0.4) is 0 Å². The summed E-state index contributed by atoms with van der Waals surface area (Å²) in [5.74, 6) is 0.188. The summed E-state index contributed by atoms with van der Waals surface area (Å²) < 4.78 is 0. The van der Waals surface area contributed by atoms with Crippen LogP contribution in [0.25, 0.3) is 0 Å². The molecule has 1 fully saturated rings. The molecule has 3 heteroatoms. The molecule has 1 atom stereocenters. The average molecular weight is 354 g/mol. The number of hydrogen-bond donors (Lipinski definition) is 1. The second-order valence-corrected chi connectivity index (χ2v) is 7.72. The zero-order chi connectivity index (χ0) is 17.4. The number of fused-ring (bicyclic) bond motifs is 1. The summed E-state index contributed by atoms with van der Waals surface area (Å²) in [6, 6.07) is 15.0. The molecule has 2 aromatic carbocycles. The van der Waals surface area contributed by atoms with Crippen molar-refractivity contribution in [2.45, 2.75) is 37.1 Å². The zero-order valence-corrected chi connectivity index (χ0v) is 15.2. The lowest BCUT2D eigenvalue weighted by atomic mass is 9.57. The number of benzene rings is 2. The molecule has 2 nitrogen and oxygen atoms in total. The topological polar surface area (TPSA) is 23.5 Å². The third-order valence-corrected chi connectivity index (χ3v) is 6.32. The van der Waals surface area contributed by atoms with Crippen LogP contribution in [0.1, 0.15) is 42.0 Å². The van der Waals surface area contributed by atoms with E-state index in [-0.39, 0.29) is 17.2 Å². The van der Waals surface area contributed by atoms with Crippen LogP contribution in [0.5, 0.6) is 5.75 Å². The van der Waals surface area contributed by atoms with Crippen molar-refractivity contribution < 1.29 is 5.11 Å². The minimum absolute atomic E-state index is 0.111. The molecule has 0 bridgehead atoms. The number of phenols is 1. The predicted octanol–water partition coefficient (Wildman–Crippen LogP) is 5.25. The first-order valence-electron chi connectivity index (χ1n) is 9.07. The van der Waals surface area contributed by atoms with E-state index in [1.807, 2.05) is 18.2 Å². The summed E-state index contributed by atoms with van der Waals surface area (Å²) in [7, 11) is 0. The van der Waals surface area contributed by atoms with E-state index in [4.69, 9.17) is 11.6 Å². The van der Waals surface area contributed by atoms with Crippen molar-refractivity contribution in [2.24, 2.45) is 0 Å². The Hall–Kier alpha value is -1.77. The lowest BCUT2D eigenvalue weighted by Crippen LogP contribution is -2.51. The van der Waals surface area contributed by atoms with Crippen molar-refractivity contribution >= 4 is 11.6 Å². The highest BCUT2D eigenvalue weighted by Gasteiger charge is 2.49. The molecule has 0 amide bonds. The standard InChI is InChI=1S/C22H24ClNO/c1-2-12-24-13-9-16-14-19(23)20(25)15-18(16)21(24)22(10-6-11-22)17-7-4-3-5-8-17/h2-5,7-8,14-15,21,25H,1,6,9-13H2. The van der Waals surface area contributed by atoms with E-state index in [0.717, 1.165) is 19.5 Å². The van der Waals surface area contributed by atoms with Gasteiger partial charge in [0.25, 0.3) is 0 Å². The normalized spacial score (nSPS) is 22.0. The Balaban J connectivity index is 1.87. The average Bonchev–Trinajstić information content (AvgIpc) is 2.58. The highest BCUT2D eigenvalue weighted by molar-refractivity contribution is 6.32. The highest BCUT2D eigenvalue weighted by atomic mass is 35.5. The fraction of sp³-hybridized carbons (Fsp3) is 0.364. The third kappa shape index (κ3) is 2.68. The van der Waals surface area contributed by atoms with Crippen LogP contribution in [-0.4, -0.2) is 23.1 Å². The maximum Gasteiger partial charge on any atom is 0.134 e. The first kappa shape index (κ1) is 16.7. The van der Waals surface area contributed by atoms with Gasteiger partial charge in [-0.15, -0.1) is 6.58 Å². The molecule has 130 valence electrons. The molecule has 1 heterocycles. The summed E-state index contributed by atoms with van der Waals surface area (Å²) in [6.07, 6.45) is 6.56. The van der Waals surface area contributed by atoms with Gasteiger partial charge in [0.15, 0.2) is 0 Å². The van der Waals surface area contributed by atoms with Gasteiger partial charge in [-0.25, -0.2) is 0 Å². The molecule has 1 aliphatic heterocycles. The van der Waals surface area contributed by atoms with Gasteiger partial charge in [-0.1, -0.05) is 54.4 Å². The van der Waals surface area contributed by atoms with Crippen LogP contribution in [0.2, 0.25) is 5.02 Å². The van der Waals surface area contributed by atoms with Gasteiger partial charge in [0, 0.05) is 24.5 Å². The molecule has 1 unspecified atom stereocenters. The number of nitrogens with zero attached hydrogens (tertiary/aromatic N) is 1. The molecular formula is C22H24ClNO. The maximum atomic E-state index is 10.3. The van der Waals surface area contributed by atoms with Gasteiger partial charge in [0.05, 0.1) is 5.02 Å². The van der Waals surface area contributed by atoms with E-state index in [2.05, 4.69) is 41.8 Å². The molecule has 1 saturated carbocycles. The zero-order valence-electron chi connectivity index (χ0n) is 14.4. The van der Waals surface area contributed by atoms with Gasteiger partial charge in [-0.05, 0) is 48.1 Å². The lowest BCUT2D eigenvalue weighted by Gasteiger charge is -2.54. The smallest absolute Gasteiger partial charge is 0.134 e. The fourth-order valence-corrected chi connectivity index (χ4v) is 4.92. The molecule has 0 spiro atoms. The van der Waals surface area contributed by atoms with Gasteiger partial charge in [0.1, 0.15) is 5.75 Å². The number of hydrogen-bond acceptors (Lipinski definition) is 2. The highest BCUT2D eigenvalue weighted by Crippen LogP contribution is 2.56. The van der Waals surface area contributed by atoms with Crippen LogP contribution in [0.4, 0.5) is 0 Å². The molecule has 0 saturated heterocycles. The van der Waals surface area contributed by atoms with Crippen LogP contribution in [-0.2, 0) is 11.8 Å². The van der Waals surface area contributed by atoms with Crippen molar-refractivity contribution in [2.75, 3.05) is 13.1 Å².